The third kappa shape index (κ3) is 2.28. The van der Waals surface area contributed by atoms with Gasteiger partial charge in [-0.25, -0.2) is 0 Å². The summed E-state index contributed by atoms with van der Waals surface area (Å²) >= 11 is 0. The van der Waals surface area contributed by atoms with Crippen LogP contribution in [-0.4, -0.2) is 32.8 Å². The van der Waals surface area contributed by atoms with Crippen LogP contribution in [0.25, 0.3) is 0 Å². The van der Waals surface area contributed by atoms with Crippen LogP contribution in [-0.2, 0) is 26.4 Å². The van der Waals surface area contributed by atoms with Crippen LogP contribution in [0, 0.1) is 6.92 Å². The summed E-state index contributed by atoms with van der Waals surface area (Å²) in [6.07, 6.45) is 2.28. The van der Waals surface area contributed by atoms with Gasteiger partial charge in [0.25, 0.3) is 0 Å². The molecule has 3 rings (SSSR count). The Bertz CT molecular complexity index is 563. The Labute approximate surface area is 114 Å². The number of nitrogens with zero attached hydrogens (tertiary/aromatic N) is 4. The van der Waals surface area contributed by atoms with Gasteiger partial charge in [0.1, 0.15) is 11.6 Å². The molecule has 0 saturated heterocycles. The summed E-state index contributed by atoms with van der Waals surface area (Å²) in [5, 5.41) is 8.37. The highest BCUT2D eigenvalue weighted by atomic mass is 15.3. The number of aryl methyl sites for hydroxylation is 1. The highest BCUT2D eigenvalue weighted by Crippen LogP contribution is 2.25. The van der Waals surface area contributed by atoms with Crippen molar-refractivity contribution in [2.75, 3.05) is 7.05 Å². The van der Waals surface area contributed by atoms with Crippen LogP contribution < -0.4 is 0 Å². The molecule has 1 heterocycles. The Morgan fingerprint density at radius 3 is 2.37 bits per heavy atom. The van der Waals surface area contributed by atoms with E-state index >= 15 is 0 Å². The third-order valence-corrected chi connectivity index (χ3v) is 4.23. The molecule has 4 nitrogen and oxygen atoms in total. The summed E-state index contributed by atoms with van der Waals surface area (Å²) in [6, 6.07) is 9.33. The Morgan fingerprint density at radius 2 is 1.84 bits per heavy atom. The van der Waals surface area contributed by atoms with Gasteiger partial charge in [0.05, 0.1) is 6.54 Å². The van der Waals surface area contributed by atoms with Gasteiger partial charge in [-0.3, -0.25) is 4.90 Å². The lowest BCUT2D eigenvalue weighted by atomic mass is 10.1. The van der Waals surface area contributed by atoms with E-state index in [-0.39, 0.29) is 0 Å². The van der Waals surface area contributed by atoms with Crippen molar-refractivity contribution in [3.8, 4) is 0 Å². The quantitative estimate of drug-likeness (QED) is 0.838. The minimum absolute atomic E-state index is 0.578. The molecule has 0 aliphatic heterocycles. The number of likely N-dealkylation sites (N-methyl/N-ethyl adjacent to an activating group) is 1. The number of benzene rings is 1. The maximum absolute atomic E-state index is 4.25. The van der Waals surface area contributed by atoms with E-state index < -0.39 is 0 Å². The van der Waals surface area contributed by atoms with Crippen molar-refractivity contribution < 1.29 is 0 Å². The van der Waals surface area contributed by atoms with E-state index in [4.69, 9.17) is 0 Å². The van der Waals surface area contributed by atoms with Crippen LogP contribution >= 0.6 is 0 Å². The molecule has 0 saturated carbocycles. The summed E-state index contributed by atoms with van der Waals surface area (Å²) in [4.78, 5) is 2.39. The fourth-order valence-corrected chi connectivity index (χ4v) is 2.79. The van der Waals surface area contributed by atoms with Gasteiger partial charge in [-0.2, -0.15) is 0 Å². The molecule has 1 aromatic carbocycles. The van der Waals surface area contributed by atoms with Crippen LogP contribution in [0.15, 0.2) is 24.3 Å². The van der Waals surface area contributed by atoms with E-state index in [0.29, 0.717) is 6.04 Å². The number of rotatable bonds is 3. The molecule has 19 heavy (non-hydrogen) atoms. The van der Waals surface area contributed by atoms with Gasteiger partial charge < -0.3 is 4.57 Å². The average Bonchev–Trinajstić information content (AvgIpc) is 2.97. The first kappa shape index (κ1) is 12.4. The SMILES string of the molecule is Cc1nnc(CN(C)C2Cc3ccccc3C2)n1C. The minimum atomic E-state index is 0.578. The van der Waals surface area contributed by atoms with Gasteiger partial charge in [-0.05, 0) is 37.9 Å². The zero-order valence-corrected chi connectivity index (χ0v) is 11.8. The second kappa shape index (κ2) is 4.78. The zero-order chi connectivity index (χ0) is 13.4. The Kier molecular flexibility index (Phi) is 3.11. The molecule has 0 radical (unpaired) electrons. The monoisotopic (exact) mass is 256 g/mol. The molecule has 2 aromatic rings. The molecule has 1 aliphatic carbocycles. The predicted octanol–water partition coefficient (Wildman–Crippen LogP) is 1.72. The number of aromatic nitrogens is 3. The first-order valence-electron chi connectivity index (χ1n) is 6.77. The third-order valence-electron chi connectivity index (χ3n) is 4.23. The van der Waals surface area contributed by atoms with Gasteiger partial charge in [0.15, 0.2) is 0 Å². The van der Waals surface area contributed by atoms with Crippen LogP contribution in [0.1, 0.15) is 22.8 Å². The van der Waals surface area contributed by atoms with Crippen molar-refractivity contribution in [1.29, 1.82) is 0 Å². The number of fused-ring (bicyclic) bond motifs is 1. The molecular weight excluding hydrogens is 236 g/mol. The molecule has 0 spiro atoms. The van der Waals surface area contributed by atoms with Crippen molar-refractivity contribution in [3.05, 3.63) is 47.0 Å². The molecule has 4 heteroatoms. The lowest BCUT2D eigenvalue weighted by Crippen LogP contribution is -2.32. The normalized spacial score (nSPS) is 15.2. The predicted molar refractivity (Wildman–Crippen MR) is 74.8 cm³/mol. The van der Waals surface area contributed by atoms with E-state index in [1.807, 2.05) is 14.0 Å². The van der Waals surface area contributed by atoms with Gasteiger partial charge >= 0.3 is 0 Å². The number of hydrogen-bond acceptors (Lipinski definition) is 3. The lowest BCUT2D eigenvalue weighted by Gasteiger charge is -2.23. The van der Waals surface area contributed by atoms with Crippen LogP contribution in [0.2, 0.25) is 0 Å². The fourth-order valence-electron chi connectivity index (χ4n) is 2.79. The highest BCUT2D eigenvalue weighted by Gasteiger charge is 2.25. The minimum Gasteiger partial charge on any atom is -0.317 e. The summed E-state index contributed by atoms with van der Waals surface area (Å²) in [5.41, 5.74) is 2.99. The fraction of sp³-hybridized carbons (Fsp3) is 0.467. The van der Waals surface area contributed by atoms with Crippen molar-refractivity contribution in [2.24, 2.45) is 7.05 Å². The summed E-state index contributed by atoms with van der Waals surface area (Å²) in [7, 11) is 4.21. The van der Waals surface area contributed by atoms with E-state index in [1.54, 1.807) is 0 Å². The van der Waals surface area contributed by atoms with Gasteiger partial charge in [0, 0.05) is 13.1 Å². The first-order chi connectivity index (χ1) is 9.15. The molecule has 1 aromatic heterocycles. The molecule has 100 valence electrons. The van der Waals surface area contributed by atoms with E-state index in [0.717, 1.165) is 31.0 Å². The Hall–Kier alpha value is -1.68. The molecular formula is C15H20N4. The van der Waals surface area contributed by atoms with E-state index in [9.17, 15) is 0 Å². The summed E-state index contributed by atoms with van der Waals surface area (Å²) < 4.78 is 2.07. The van der Waals surface area contributed by atoms with Crippen LogP contribution in [0.5, 0.6) is 0 Å². The van der Waals surface area contributed by atoms with E-state index in [1.165, 1.54) is 11.1 Å². The van der Waals surface area contributed by atoms with Crippen molar-refractivity contribution >= 4 is 0 Å². The molecule has 0 atom stereocenters. The maximum atomic E-state index is 4.25. The molecule has 0 amide bonds. The van der Waals surface area contributed by atoms with Gasteiger partial charge in [0.2, 0.25) is 0 Å². The highest BCUT2D eigenvalue weighted by molar-refractivity contribution is 5.33. The van der Waals surface area contributed by atoms with Crippen molar-refractivity contribution in [2.45, 2.75) is 32.4 Å². The van der Waals surface area contributed by atoms with Crippen LogP contribution in [0.3, 0.4) is 0 Å². The largest absolute Gasteiger partial charge is 0.317 e. The van der Waals surface area contributed by atoms with Crippen LogP contribution in [0.4, 0.5) is 0 Å². The Balaban J connectivity index is 1.70. The summed E-state index contributed by atoms with van der Waals surface area (Å²) in [6.45, 7) is 2.85. The molecule has 0 N–H and O–H groups in total. The zero-order valence-electron chi connectivity index (χ0n) is 11.8. The second-order valence-electron chi connectivity index (χ2n) is 5.47. The standard InChI is InChI=1S/C15H20N4/c1-11-16-17-15(19(11)3)10-18(2)14-8-12-6-4-5-7-13(12)9-14/h4-7,14H,8-10H2,1-3H3. The average molecular weight is 256 g/mol. The molecule has 0 fully saturated rings. The molecule has 0 bridgehead atoms. The van der Waals surface area contributed by atoms with Gasteiger partial charge in [-0.1, -0.05) is 24.3 Å². The van der Waals surface area contributed by atoms with Crippen molar-refractivity contribution in [1.82, 2.24) is 19.7 Å². The van der Waals surface area contributed by atoms with Gasteiger partial charge in [-0.15, -0.1) is 10.2 Å². The second-order valence-corrected chi connectivity index (χ2v) is 5.47. The number of hydrogen-bond donors (Lipinski definition) is 0. The smallest absolute Gasteiger partial charge is 0.146 e. The Morgan fingerprint density at radius 1 is 1.21 bits per heavy atom. The van der Waals surface area contributed by atoms with E-state index in [2.05, 4.69) is 51.0 Å². The molecule has 1 aliphatic rings. The molecule has 0 unspecified atom stereocenters. The van der Waals surface area contributed by atoms with Crippen molar-refractivity contribution in [3.63, 3.8) is 0 Å². The summed E-state index contributed by atoms with van der Waals surface area (Å²) in [5.74, 6) is 2.01. The first-order valence-corrected chi connectivity index (χ1v) is 6.77. The topological polar surface area (TPSA) is 34.0 Å². The lowest BCUT2D eigenvalue weighted by molar-refractivity contribution is 0.232. The maximum Gasteiger partial charge on any atom is 0.146 e.